The summed E-state index contributed by atoms with van der Waals surface area (Å²) in [5.74, 6) is 1.29. The third-order valence-corrected chi connectivity index (χ3v) is 2.17. The largest absolute Gasteiger partial charge is 0.445 e. The van der Waals surface area contributed by atoms with Gasteiger partial charge in [-0.25, -0.2) is 4.98 Å². The van der Waals surface area contributed by atoms with Crippen molar-refractivity contribution in [3.63, 3.8) is 0 Å². The summed E-state index contributed by atoms with van der Waals surface area (Å²) in [5.41, 5.74) is 0.804. The van der Waals surface area contributed by atoms with Gasteiger partial charge >= 0.3 is 0 Å². The number of rotatable bonds is 5. The van der Waals surface area contributed by atoms with Crippen molar-refractivity contribution in [2.45, 2.75) is 40.0 Å². The molecule has 1 rings (SSSR count). The maximum atomic E-state index is 11.4. The first kappa shape index (κ1) is 11.8. The number of carbonyl (C=O) groups is 1. The fourth-order valence-electron chi connectivity index (χ4n) is 1.35. The topological polar surface area (TPSA) is 55.1 Å². The number of unbranched alkanes of at least 4 members (excludes halogenated alkanes) is 1. The van der Waals surface area contributed by atoms with Gasteiger partial charge in [0.05, 0.1) is 12.1 Å². The lowest BCUT2D eigenvalue weighted by molar-refractivity contribution is -0.120. The summed E-state index contributed by atoms with van der Waals surface area (Å²) >= 11 is 0. The number of nitrogens with one attached hydrogen (secondary N) is 1. The van der Waals surface area contributed by atoms with Crippen LogP contribution in [0.15, 0.2) is 4.42 Å². The van der Waals surface area contributed by atoms with E-state index in [9.17, 15) is 4.79 Å². The van der Waals surface area contributed by atoms with Crippen molar-refractivity contribution in [3.05, 3.63) is 17.3 Å². The van der Waals surface area contributed by atoms with Gasteiger partial charge in [0.25, 0.3) is 0 Å². The van der Waals surface area contributed by atoms with E-state index in [1.54, 1.807) is 6.92 Å². The molecule has 0 saturated heterocycles. The van der Waals surface area contributed by atoms with Gasteiger partial charge in [-0.1, -0.05) is 13.3 Å². The molecule has 0 aliphatic carbocycles. The average molecular weight is 210 g/mol. The number of hydrogen-bond donors (Lipinski definition) is 1. The molecule has 1 aromatic rings. The van der Waals surface area contributed by atoms with Crippen LogP contribution >= 0.6 is 0 Å². The average Bonchev–Trinajstić information content (AvgIpc) is 2.45. The molecule has 1 N–H and O–H groups in total. The number of carbonyl (C=O) groups excluding carboxylic acids is 1. The van der Waals surface area contributed by atoms with Crippen LogP contribution in [0.2, 0.25) is 0 Å². The molecule has 0 aromatic carbocycles. The minimum Gasteiger partial charge on any atom is -0.445 e. The molecule has 1 amide bonds. The molecule has 0 atom stereocenters. The summed E-state index contributed by atoms with van der Waals surface area (Å²) in [6.07, 6.45) is 2.39. The standard InChI is InChI=1S/C11H18N2O2/c1-4-5-6-12-11(14)7-10-8(2)13-9(3)15-10/h4-7H2,1-3H3,(H,12,14). The molecule has 0 fully saturated rings. The zero-order valence-electron chi connectivity index (χ0n) is 9.59. The van der Waals surface area contributed by atoms with Gasteiger partial charge in [0.1, 0.15) is 5.76 Å². The van der Waals surface area contributed by atoms with E-state index in [0.29, 0.717) is 11.7 Å². The summed E-state index contributed by atoms with van der Waals surface area (Å²) in [6.45, 7) is 6.47. The molecule has 1 heterocycles. The van der Waals surface area contributed by atoms with Gasteiger partial charge in [-0.2, -0.15) is 0 Å². The highest BCUT2D eigenvalue weighted by molar-refractivity contribution is 5.78. The Morgan fingerprint density at radius 2 is 2.20 bits per heavy atom. The summed E-state index contributed by atoms with van der Waals surface area (Å²) in [5, 5.41) is 2.84. The van der Waals surface area contributed by atoms with Crippen LogP contribution in [-0.4, -0.2) is 17.4 Å². The maximum Gasteiger partial charge on any atom is 0.227 e. The van der Waals surface area contributed by atoms with E-state index >= 15 is 0 Å². The third-order valence-electron chi connectivity index (χ3n) is 2.17. The molecule has 0 radical (unpaired) electrons. The Labute approximate surface area is 90.1 Å². The van der Waals surface area contributed by atoms with Gasteiger partial charge in [-0.05, 0) is 13.3 Å². The molecular formula is C11H18N2O2. The fraction of sp³-hybridized carbons (Fsp3) is 0.636. The van der Waals surface area contributed by atoms with Crippen molar-refractivity contribution in [2.75, 3.05) is 6.54 Å². The van der Waals surface area contributed by atoms with Crippen LogP contribution in [-0.2, 0) is 11.2 Å². The zero-order chi connectivity index (χ0) is 11.3. The second-order valence-electron chi connectivity index (χ2n) is 3.62. The van der Waals surface area contributed by atoms with Crippen molar-refractivity contribution in [2.24, 2.45) is 0 Å². The number of oxazole rings is 1. The lowest BCUT2D eigenvalue weighted by Crippen LogP contribution is -2.26. The first-order valence-corrected chi connectivity index (χ1v) is 5.33. The van der Waals surface area contributed by atoms with Gasteiger partial charge < -0.3 is 9.73 Å². The van der Waals surface area contributed by atoms with Crippen LogP contribution in [0.5, 0.6) is 0 Å². The van der Waals surface area contributed by atoms with E-state index in [4.69, 9.17) is 4.42 Å². The SMILES string of the molecule is CCCCNC(=O)Cc1oc(C)nc1C. The predicted octanol–water partition coefficient (Wildman–Crippen LogP) is 1.75. The Morgan fingerprint density at radius 1 is 1.47 bits per heavy atom. The molecule has 0 aliphatic rings. The van der Waals surface area contributed by atoms with Crippen LogP contribution < -0.4 is 5.32 Å². The van der Waals surface area contributed by atoms with E-state index < -0.39 is 0 Å². The van der Waals surface area contributed by atoms with Crippen molar-refractivity contribution in [1.29, 1.82) is 0 Å². The third kappa shape index (κ3) is 3.73. The van der Waals surface area contributed by atoms with Crippen molar-refractivity contribution >= 4 is 5.91 Å². The second-order valence-corrected chi connectivity index (χ2v) is 3.62. The summed E-state index contributed by atoms with van der Waals surface area (Å²) in [6, 6.07) is 0. The van der Waals surface area contributed by atoms with Crippen LogP contribution in [0.25, 0.3) is 0 Å². The van der Waals surface area contributed by atoms with Crippen LogP contribution in [0.4, 0.5) is 0 Å². The highest BCUT2D eigenvalue weighted by atomic mass is 16.4. The molecule has 0 spiro atoms. The molecule has 0 saturated carbocycles. The molecule has 1 aromatic heterocycles. The lowest BCUT2D eigenvalue weighted by atomic mass is 10.2. The number of nitrogens with zero attached hydrogens (tertiary/aromatic N) is 1. The van der Waals surface area contributed by atoms with Crippen LogP contribution in [0.1, 0.15) is 37.1 Å². The Balaban J connectivity index is 2.41. The van der Waals surface area contributed by atoms with E-state index in [1.165, 1.54) is 0 Å². The summed E-state index contributed by atoms with van der Waals surface area (Å²) < 4.78 is 5.32. The molecule has 84 valence electrons. The lowest BCUT2D eigenvalue weighted by Gasteiger charge is -2.02. The van der Waals surface area contributed by atoms with Crippen LogP contribution in [0, 0.1) is 13.8 Å². The molecule has 0 aliphatic heterocycles. The second kappa shape index (κ2) is 5.53. The summed E-state index contributed by atoms with van der Waals surface area (Å²) in [4.78, 5) is 15.6. The highest BCUT2D eigenvalue weighted by Gasteiger charge is 2.10. The molecule has 0 unspecified atom stereocenters. The zero-order valence-corrected chi connectivity index (χ0v) is 9.59. The molecule has 4 nitrogen and oxygen atoms in total. The van der Waals surface area contributed by atoms with Crippen molar-refractivity contribution in [3.8, 4) is 0 Å². The maximum absolute atomic E-state index is 11.4. The first-order valence-electron chi connectivity index (χ1n) is 5.33. The molecular weight excluding hydrogens is 192 g/mol. The van der Waals surface area contributed by atoms with Gasteiger partial charge in [-0.3, -0.25) is 4.79 Å². The number of amides is 1. The molecule has 15 heavy (non-hydrogen) atoms. The fourth-order valence-corrected chi connectivity index (χ4v) is 1.35. The normalized spacial score (nSPS) is 10.3. The highest BCUT2D eigenvalue weighted by Crippen LogP contribution is 2.09. The van der Waals surface area contributed by atoms with E-state index in [0.717, 1.165) is 25.1 Å². The van der Waals surface area contributed by atoms with E-state index in [1.807, 2.05) is 6.92 Å². The first-order chi connectivity index (χ1) is 7.13. The van der Waals surface area contributed by atoms with Gasteiger partial charge in [-0.15, -0.1) is 0 Å². The molecule has 4 heteroatoms. The molecule has 0 bridgehead atoms. The Hall–Kier alpha value is -1.32. The number of aromatic nitrogens is 1. The quantitative estimate of drug-likeness (QED) is 0.753. The van der Waals surface area contributed by atoms with Gasteiger partial charge in [0, 0.05) is 13.5 Å². The Morgan fingerprint density at radius 3 is 2.73 bits per heavy atom. The van der Waals surface area contributed by atoms with Crippen LogP contribution in [0.3, 0.4) is 0 Å². The minimum absolute atomic E-state index is 0.00250. The Kier molecular flexibility index (Phi) is 4.34. The summed E-state index contributed by atoms with van der Waals surface area (Å²) in [7, 11) is 0. The number of hydrogen-bond acceptors (Lipinski definition) is 3. The smallest absolute Gasteiger partial charge is 0.227 e. The van der Waals surface area contributed by atoms with Gasteiger partial charge in [0.2, 0.25) is 5.91 Å². The minimum atomic E-state index is 0.00250. The number of aryl methyl sites for hydroxylation is 2. The van der Waals surface area contributed by atoms with E-state index in [2.05, 4.69) is 17.2 Å². The van der Waals surface area contributed by atoms with Crippen molar-refractivity contribution < 1.29 is 9.21 Å². The predicted molar refractivity (Wildman–Crippen MR) is 57.6 cm³/mol. The van der Waals surface area contributed by atoms with E-state index in [-0.39, 0.29) is 12.3 Å². The van der Waals surface area contributed by atoms with Crippen molar-refractivity contribution in [1.82, 2.24) is 10.3 Å². The monoisotopic (exact) mass is 210 g/mol. The Bertz CT molecular complexity index is 331. The van der Waals surface area contributed by atoms with Gasteiger partial charge in [0.15, 0.2) is 5.89 Å².